The van der Waals surface area contributed by atoms with Crippen molar-refractivity contribution in [2.24, 2.45) is 0 Å². The number of aryl methyl sites for hydroxylation is 1. The second-order valence-corrected chi connectivity index (χ2v) is 17.1. The zero-order valence-electron chi connectivity index (χ0n) is 14.5. The first-order valence-electron chi connectivity index (χ1n) is 7.73. The molecule has 114 valence electrons. The summed E-state index contributed by atoms with van der Waals surface area (Å²) in [5, 5.41) is 4.54. The summed E-state index contributed by atoms with van der Waals surface area (Å²) >= 11 is 0. The number of ether oxygens (including phenoxy) is 1. The number of allylic oxidation sites excluding steroid dienone is 4. The molecule has 3 heteroatoms. The largest absolute Gasteiger partial charge is 0.497 e. The van der Waals surface area contributed by atoms with Crippen LogP contribution in [-0.4, -0.2) is 23.3 Å². The SMILES string of the molecule is COc1c([Si](C)(C)C)cc(C)cc1[Si](C)(C)C1=CC=CC1. The monoisotopic (exact) mass is 316 g/mol. The minimum atomic E-state index is -1.66. The van der Waals surface area contributed by atoms with Crippen LogP contribution in [0.4, 0.5) is 0 Å². The Balaban J connectivity index is 2.66. The van der Waals surface area contributed by atoms with Crippen molar-refractivity contribution in [1.29, 1.82) is 0 Å². The van der Waals surface area contributed by atoms with Crippen molar-refractivity contribution in [3.63, 3.8) is 0 Å². The van der Waals surface area contributed by atoms with Crippen molar-refractivity contribution < 1.29 is 4.74 Å². The van der Waals surface area contributed by atoms with Crippen LogP contribution in [0.2, 0.25) is 32.7 Å². The second-order valence-electron chi connectivity index (χ2n) is 7.59. The zero-order chi connectivity index (χ0) is 15.8. The Hall–Kier alpha value is -1.07. The summed E-state index contributed by atoms with van der Waals surface area (Å²) in [6, 6.07) is 4.72. The maximum Gasteiger partial charge on any atom is 0.117 e. The fraction of sp³-hybridized carbons (Fsp3) is 0.444. The van der Waals surface area contributed by atoms with Gasteiger partial charge in [0.05, 0.1) is 15.2 Å². The molecule has 1 aromatic rings. The van der Waals surface area contributed by atoms with Crippen molar-refractivity contribution >= 4 is 26.5 Å². The minimum absolute atomic E-state index is 1.11. The summed E-state index contributed by atoms with van der Waals surface area (Å²) in [5.74, 6) is 1.17. The van der Waals surface area contributed by atoms with E-state index in [1.54, 1.807) is 5.20 Å². The van der Waals surface area contributed by atoms with Crippen LogP contribution >= 0.6 is 0 Å². The topological polar surface area (TPSA) is 9.23 Å². The van der Waals surface area contributed by atoms with Gasteiger partial charge >= 0.3 is 0 Å². The Labute approximate surface area is 131 Å². The van der Waals surface area contributed by atoms with E-state index in [-0.39, 0.29) is 0 Å². The maximum absolute atomic E-state index is 5.93. The summed E-state index contributed by atoms with van der Waals surface area (Å²) in [6.45, 7) is 14.3. The van der Waals surface area contributed by atoms with Crippen molar-refractivity contribution in [3.05, 3.63) is 41.1 Å². The van der Waals surface area contributed by atoms with Crippen molar-refractivity contribution in [3.8, 4) is 5.75 Å². The summed E-state index contributed by atoms with van der Waals surface area (Å²) in [7, 11) is -1.24. The van der Waals surface area contributed by atoms with Crippen LogP contribution in [0.1, 0.15) is 12.0 Å². The van der Waals surface area contributed by atoms with Gasteiger partial charge in [-0.3, -0.25) is 0 Å². The Kier molecular flexibility index (Phi) is 4.36. The highest BCUT2D eigenvalue weighted by molar-refractivity contribution is 6.97. The van der Waals surface area contributed by atoms with Gasteiger partial charge in [-0.15, -0.1) is 0 Å². The molecule has 1 nitrogen and oxygen atoms in total. The van der Waals surface area contributed by atoms with E-state index in [9.17, 15) is 0 Å². The van der Waals surface area contributed by atoms with Crippen LogP contribution < -0.4 is 15.1 Å². The molecule has 2 rings (SSSR count). The molecule has 1 aromatic carbocycles. The molecule has 0 amide bonds. The van der Waals surface area contributed by atoms with Crippen molar-refractivity contribution in [2.75, 3.05) is 7.11 Å². The van der Waals surface area contributed by atoms with E-state index in [4.69, 9.17) is 4.74 Å². The number of rotatable bonds is 4. The fourth-order valence-electron chi connectivity index (χ4n) is 3.10. The van der Waals surface area contributed by atoms with Gasteiger partial charge in [0.25, 0.3) is 0 Å². The highest BCUT2D eigenvalue weighted by atomic mass is 28.3. The average Bonchev–Trinajstić information content (AvgIpc) is 2.91. The van der Waals surface area contributed by atoms with Gasteiger partial charge < -0.3 is 4.74 Å². The molecule has 0 fully saturated rings. The molecule has 0 N–H and O–H groups in total. The predicted molar refractivity (Wildman–Crippen MR) is 99.7 cm³/mol. The number of hydrogen-bond donors (Lipinski definition) is 0. The zero-order valence-corrected chi connectivity index (χ0v) is 16.5. The third-order valence-electron chi connectivity index (χ3n) is 4.49. The maximum atomic E-state index is 5.93. The number of methoxy groups -OCH3 is 1. The van der Waals surface area contributed by atoms with E-state index in [0.717, 1.165) is 6.42 Å². The van der Waals surface area contributed by atoms with Crippen LogP contribution in [0.15, 0.2) is 35.6 Å². The van der Waals surface area contributed by atoms with Crippen molar-refractivity contribution in [2.45, 2.75) is 46.1 Å². The van der Waals surface area contributed by atoms with Gasteiger partial charge in [-0.2, -0.15) is 0 Å². The summed E-state index contributed by atoms with van der Waals surface area (Å²) in [5.41, 5.74) is 1.37. The molecule has 0 aromatic heterocycles. The molecule has 0 aliphatic heterocycles. The first-order valence-corrected chi connectivity index (χ1v) is 14.2. The van der Waals surface area contributed by atoms with Gasteiger partial charge in [0.15, 0.2) is 0 Å². The van der Waals surface area contributed by atoms with Crippen molar-refractivity contribution in [1.82, 2.24) is 0 Å². The number of hydrogen-bond acceptors (Lipinski definition) is 1. The molecule has 1 aliphatic carbocycles. The molecule has 21 heavy (non-hydrogen) atoms. The molecule has 0 bridgehead atoms. The first-order chi connectivity index (χ1) is 9.67. The third kappa shape index (κ3) is 3.09. The quantitative estimate of drug-likeness (QED) is 0.766. The van der Waals surface area contributed by atoms with Crippen LogP contribution in [0.3, 0.4) is 0 Å². The van der Waals surface area contributed by atoms with Crippen LogP contribution in [0.5, 0.6) is 5.75 Å². The van der Waals surface area contributed by atoms with Gasteiger partial charge in [-0.05, 0) is 23.7 Å². The van der Waals surface area contributed by atoms with E-state index in [2.05, 4.69) is 70.0 Å². The molecule has 0 spiro atoms. The molecular weight excluding hydrogens is 288 g/mol. The number of benzene rings is 1. The Morgan fingerprint density at radius 3 is 2.10 bits per heavy atom. The second kappa shape index (κ2) is 5.61. The third-order valence-corrected chi connectivity index (χ3v) is 10.2. The van der Waals surface area contributed by atoms with E-state index >= 15 is 0 Å². The summed E-state index contributed by atoms with van der Waals surface area (Å²) in [4.78, 5) is 0. The fourth-order valence-corrected chi connectivity index (χ4v) is 7.68. The summed E-state index contributed by atoms with van der Waals surface area (Å²) < 4.78 is 5.93. The smallest absolute Gasteiger partial charge is 0.117 e. The van der Waals surface area contributed by atoms with E-state index in [1.165, 1.54) is 21.7 Å². The molecule has 0 atom stereocenters. The van der Waals surface area contributed by atoms with Crippen LogP contribution in [0.25, 0.3) is 0 Å². The molecule has 0 radical (unpaired) electrons. The highest BCUT2D eigenvalue weighted by Gasteiger charge is 2.34. The Morgan fingerprint density at radius 1 is 1.00 bits per heavy atom. The first kappa shape index (κ1) is 16.3. The van der Waals surface area contributed by atoms with Gasteiger partial charge in [-0.25, -0.2) is 0 Å². The Bertz CT molecular complexity index is 604. The van der Waals surface area contributed by atoms with Crippen LogP contribution in [-0.2, 0) is 0 Å². The van der Waals surface area contributed by atoms with E-state index < -0.39 is 16.1 Å². The Morgan fingerprint density at radius 2 is 1.62 bits per heavy atom. The lowest BCUT2D eigenvalue weighted by Gasteiger charge is -2.31. The lowest BCUT2D eigenvalue weighted by atomic mass is 10.2. The van der Waals surface area contributed by atoms with Gasteiger partial charge in [-0.1, -0.05) is 73.9 Å². The minimum Gasteiger partial charge on any atom is -0.497 e. The standard InChI is InChI=1S/C18H28OSi2/c1-14-12-16(20(3,4)5)18(19-2)17(13-14)21(6,7)15-10-8-9-11-15/h8-10,12-13H,11H2,1-7H3. The molecular formula is C18H28OSi2. The van der Waals surface area contributed by atoms with E-state index in [1.807, 2.05) is 7.11 Å². The summed E-state index contributed by atoms with van der Waals surface area (Å²) in [6.07, 6.45) is 7.90. The predicted octanol–water partition coefficient (Wildman–Crippen LogP) is 3.89. The molecule has 0 heterocycles. The van der Waals surface area contributed by atoms with Gasteiger partial charge in [0.1, 0.15) is 13.8 Å². The average molecular weight is 317 g/mol. The lowest BCUT2D eigenvalue weighted by Crippen LogP contribution is -2.49. The highest BCUT2D eigenvalue weighted by Crippen LogP contribution is 2.27. The van der Waals surface area contributed by atoms with Gasteiger partial charge in [0, 0.05) is 0 Å². The lowest BCUT2D eigenvalue weighted by molar-refractivity contribution is 0.421. The van der Waals surface area contributed by atoms with Gasteiger partial charge in [0.2, 0.25) is 0 Å². The molecule has 0 saturated heterocycles. The van der Waals surface area contributed by atoms with E-state index in [0.29, 0.717) is 0 Å². The molecule has 1 aliphatic rings. The normalized spacial score (nSPS) is 15.3. The van der Waals surface area contributed by atoms with Crippen LogP contribution in [0, 0.1) is 6.92 Å². The molecule has 0 unspecified atom stereocenters. The molecule has 0 saturated carbocycles.